The standard InChI is InChI=1S/C14H18N2O4.ClH/c1-19-13(17)12-9-15-7-8-16(12)14(18)20-10-11-5-3-2-4-6-11;/h2-6,12,15H,7-10H2,1H3;1H/t12-;/m0./s1. The van der Waals surface area contributed by atoms with Crippen molar-refractivity contribution in [2.24, 2.45) is 0 Å². The molecule has 1 aliphatic heterocycles. The van der Waals surface area contributed by atoms with Gasteiger partial charge in [-0.3, -0.25) is 4.90 Å². The van der Waals surface area contributed by atoms with Gasteiger partial charge in [0.15, 0.2) is 0 Å². The highest BCUT2D eigenvalue weighted by atomic mass is 35.5. The average Bonchev–Trinajstić information content (AvgIpc) is 2.52. The fraction of sp³-hybridized carbons (Fsp3) is 0.429. The number of methoxy groups -OCH3 is 1. The second kappa shape index (κ2) is 8.49. The van der Waals surface area contributed by atoms with Gasteiger partial charge in [-0.15, -0.1) is 12.4 Å². The second-order valence-corrected chi connectivity index (χ2v) is 4.48. The molecule has 0 unspecified atom stereocenters. The van der Waals surface area contributed by atoms with Crippen LogP contribution in [0.25, 0.3) is 0 Å². The Bertz CT molecular complexity index is 469. The molecule has 1 N–H and O–H groups in total. The van der Waals surface area contributed by atoms with Crippen LogP contribution in [-0.2, 0) is 20.9 Å². The first-order valence-electron chi connectivity index (χ1n) is 6.48. The average molecular weight is 315 g/mol. The van der Waals surface area contributed by atoms with Crippen LogP contribution in [0.3, 0.4) is 0 Å². The number of nitrogens with one attached hydrogen (secondary N) is 1. The molecule has 2 rings (SSSR count). The Morgan fingerprint density at radius 1 is 1.33 bits per heavy atom. The highest BCUT2D eigenvalue weighted by Gasteiger charge is 2.33. The first kappa shape index (κ1) is 17.3. The van der Waals surface area contributed by atoms with Crippen LogP contribution in [0.2, 0.25) is 0 Å². The molecule has 116 valence electrons. The third-order valence-electron chi connectivity index (χ3n) is 3.16. The summed E-state index contributed by atoms with van der Waals surface area (Å²) in [7, 11) is 1.31. The van der Waals surface area contributed by atoms with Crippen LogP contribution in [0.1, 0.15) is 5.56 Å². The smallest absolute Gasteiger partial charge is 0.410 e. The van der Waals surface area contributed by atoms with Crippen molar-refractivity contribution < 1.29 is 19.1 Å². The second-order valence-electron chi connectivity index (χ2n) is 4.48. The summed E-state index contributed by atoms with van der Waals surface area (Å²) in [5.74, 6) is -0.436. The molecule has 1 saturated heterocycles. The van der Waals surface area contributed by atoms with Gasteiger partial charge in [0.05, 0.1) is 7.11 Å². The lowest BCUT2D eigenvalue weighted by Crippen LogP contribution is -2.57. The van der Waals surface area contributed by atoms with Gasteiger partial charge in [-0.25, -0.2) is 9.59 Å². The van der Waals surface area contributed by atoms with Gasteiger partial charge in [0.25, 0.3) is 0 Å². The van der Waals surface area contributed by atoms with Gasteiger partial charge in [0.1, 0.15) is 12.6 Å². The minimum atomic E-state index is -0.628. The molecule has 0 aliphatic carbocycles. The summed E-state index contributed by atoms with van der Waals surface area (Å²) >= 11 is 0. The Kier molecular flexibility index (Phi) is 6.98. The molecule has 0 bridgehead atoms. The van der Waals surface area contributed by atoms with E-state index in [0.717, 1.165) is 5.56 Å². The van der Waals surface area contributed by atoms with Crippen molar-refractivity contribution in [3.63, 3.8) is 0 Å². The van der Waals surface area contributed by atoms with E-state index in [4.69, 9.17) is 9.47 Å². The zero-order valence-corrected chi connectivity index (χ0v) is 12.6. The number of benzene rings is 1. The molecule has 1 amide bonds. The predicted molar refractivity (Wildman–Crippen MR) is 79.3 cm³/mol. The van der Waals surface area contributed by atoms with Crippen molar-refractivity contribution in [3.8, 4) is 0 Å². The topological polar surface area (TPSA) is 67.9 Å². The van der Waals surface area contributed by atoms with Gasteiger partial charge in [0, 0.05) is 19.6 Å². The van der Waals surface area contributed by atoms with Crippen molar-refractivity contribution in [2.75, 3.05) is 26.7 Å². The van der Waals surface area contributed by atoms with E-state index in [1.807, 2.05) is 30.3 Å². The first-order valence-corrected chi connectivity index (χ1v) is 6.48. The van der Waals surface area contributed by atoms with Crippen molar-refractivity contribution in [3.05, 3.63) is 35.9 Å². The minimum Gasteiger partial charge on any atom is -0.467 e. The molecule has 0 spiro atoms. The van der Waals surface area contributed by atoms with Crippen LogP contribution >= 0.6 is 12.4 Å². The molecule has 1 fully saturated rings. The summed E-state index contributed by atoms with van der Waals surface area (Å²) in [6.45, 7) is 1.63. The molecular formula is C14H19ClN2O4. The number of rotatable bonds is 3. The highest BCUT2D eigenvalue weighted by Crippen LogP contribution is 2.09. The maximum Gasteiger partial charge on any atom is 0.410 e. The summed E-state index contributed by atoms with van der Waals surface area (Å²) in [6, 6.07) is 8.79. The molecule has 1 aromatic rings. The van der Waals surface area contributed by atoms with Crippen molar-refractivity contribution in [2.45, 2.75) is 12.6 Å². The summed E-state index contributed by atoms with van der Waals surface area (Å²) in [4.78, 5) is 25.1. The zero-order chi connectivity index (χ0) is 14.4. The molecule has 1 atom stereocenters. The van der Waals surface area contributed by atoms with Crippen molar-refractivity contribution in [1.82, 2.24) is 10.2 Å². The Morgan fingerprint density at radius 3 is 2.71 bits per heavy atom. The number of esters is 1. The van der Waals surface area contributed by atoms with Gasteiger partial charge in [-0.05, 0) is 5.56 Å². The number of hydrogen-bond donors (Lipinski definition) is 1. The lowest BCUT2D eigenvalue weighted by molar-refractivity contribution is -0.147. The van der Waals surface area contributed by atoms with Crippen molar-refractivity contribution >= 4 is 24.5 Å². The molecule has 0 saturated carbocycles. The molecule has 1 aliphatic rings. The first-order chi connectivity index (χ1) is 9.72. The number of ether oxygens (including phenoxy) is 2. The van der Waals surface area contributed by atoms with E-state index in [-0.39, 0.29) is 19.0 Å². The van der Waals surface area contributed by atoms with Crippen LogP contribution in [0.5, 0.6) is 0 Å². The van der Waals surface area contributed by atoms with E-state index >= 15 is 0 Å². The molecule has 1 aromatic carbocycles. The fourth-order valence-corrected chi connectivity index (χ4v) is 2.07. The number of carbonyl (C=O) groups is 2. The number of halogens is 1. The molecule has 7 heteroatoms. The third-order valence-corrected chi connectivity index (χ3v) is 3.16. The van der Waals surface area contributed by atoms with Gasteiger partial charge in [-0.1, -0.05) is 30.3 Å². The van der Waals surface area contributed by atoms with E-state index in [0.29, 0.717) is 19.6 Å². The van der Waals surface area contributed by atoms with E-state index in [9.17, 15) is 9.59 Å². The number of amides is 1. The lowest BCUT2D eigenvalue weighted by Gasteiger charge is -2.33. The lowest BCUT2D eigenvalue weighted by atomic mass is 10.2. The fourth-order valence-electron chi connectivity index (χ4n) is 2.07. The van der Waals surface area contributed by atoms with Gasteiger partial charge < -0.3 is 14.8 Å². The Morgan fingerprint density at radius 2 is 2.05 bits per heavy atom. The Labute approximate surface area is 129 Å². The van der Waals surface area contributed by atoms with Crippen LogP contribution in [0.15, 0.2) is 30.3 Å². The van der Waals surface area contributed by atoms with Crippen LogP contribution in [0, 0.1) is 0 Å². The molecule has 1 heterocycles. The van der Waals surface area contributed by atoms with Crippen LogP contribution in [-0.4, -0.2) is 49.7 Å². The summed E-state index contributed by atoms with van der Waals surface area (Å²) < 4.78 is 9.95. The zero-order valence-electron chi connectivity index (χ0n) is 11.8. The Balaban J connectivity index is 0.00000220. The molecular weight excluding hydrogens is 296 g/mol. The molecule has 0 radical (unpaired) electrons. The van der Waals surface area contributed by atoms with E-state index < -0.39 is 18.1 Å². The van der Waals surface area contributed by atoms with E-state index in [1.165, 1.54) is 12.0 Å². The van der Waals surface area contributed by atoms with Gasteiger partial charge in [0.2, 0.25) is 0 Å². The third kappa shape index (κ3) is 4.61. The number of nitrogens with zero attached hydrogens (tertiary/aromatic N) is 1. The van der Waals surface area contributed by atoms with E-state index in [2.05, 4.69) is 5.32 Å². The number of piperazine rings is 1. The largest absolute Gasteiger partial charge is 0.467 e. The maximum atomic E-state index is 12.1. The SMILES string of the molecule is COC(=O)[C@@H]1CNCCN1C(=O)OCc1ccccc1.Cl. The van der Waals surface area contributed by atoms with E-state index in [1.54, 1.807) is 0 Å². The quantitative estimate of drug-likeness (QED) is 0.849. The molecule has 0 aromatic heterocycles. The summed E-state index contributed by atoms with van der Waals surface area (Å²) in [6.07, 6.45) is -0.495. The monoisotopic (exact) mass is 314 g/mol. The predicted octanol–water partition coefficient (Wildman–Crippen LogP) is 1.19. The van der Waals surface area contributed by atoms with Crippen LogP contribution in [0.4, 0.5) is 4.79 Å². The van der Waals surface area contributed by atoms with Gasteiger partial charge in [-0.2, -0.15) is 0 Å². The number of carbonyl (C=O) groups excluding carboxylic acids is 2. The summed E-state index contributed by atoms with van der Waals surface area (Å²) in [5, 5.41) is 3.06. The number of hydrogen-bond acceptors (Lipinski definition) is 5. The highest BCUT2D eigenvalue weighted by molar-refractivity contribution is 5.85. The van der Waals surface area contributed by atoms with Crippen molar-refractivity contribution in [1.29, 1.82) is 0 Å². The maximum absolute atomic E-state index is 12.1. The minimum absolute atomic E-state index is 0. The summed E-state index contributed by atoms with van der Waals surface area (Å²) in [5.41, 5.74) is 0.908. The normalized spacial score (nSPS) is 17.6. The van der Waals surface area contributed by atoms with Gasteiger partial charge >= 0.3 is 12.1 Å². The molecule has 6 nitrogen and oxygen atoms in total. The molecule has 21 heavy (non-hydrogen) atoms. The Hall–Kier alpha value is -1.79. The van der Waals surface area contributed by atoms with Crippen LogP contribution < -0.4 is 5.32 Å².